The molecule has 1 heterocycles. The molecule has 1 fully saturated rings. The molecule has 0 amide bonds. The van der Waals surface area contributed by atoms with Crippen LogP contribution in [0.3, 0.4) is 0 Å². The van der Waals surface area contributed by atoms with Crippen LogP contribution in [-0.2, 0) is 4.74 Å². The van der Waals surface area contributed by atoms with Crippen LogP contribution in [0.4, 0.5) is 5.69 Å². The van der Waals surface area contributed by atoms with Gasteiger partial charge in [-0.25, -0.2) is 0 Å². The predicted molar refractivity (Wildman–Crippen MR) is 57.3 cm³/mol. The highest BCUT2D eigenvalue weighted by molar-refractivity contribution is 5.52. The van der Waals surface area contributed by atoms with Gasteiger partial charge in [-0.1, -0.05) is 0 Å². The Balaban J connectivity index is 2.14. The smallest absolute Gasteiger partial charge is 0.163 e. The van der Waals surface area contributed by atoms with Crippen LogP contribution in [-0.4, -0.2) is 26.4 Å². The summed E-state index contributed by atoms with van der Waals surface area (Å²) in [6, 6.07) is 5.37. The van der Waals surface area contributed by atoms with E-state index in [1.807, 2.05) is 0 Å². The Labute approximate surface area is 88.9 Å². The summed E-state index contributed by atoms with van der Waals surface area (Å²) < 4.78 is 16.2. The van der Waals surface area contributed by atoms with Crippen molar-refractivity contribution in [1.29, 1.82) is 0 Å². The van der Waals surface area contributed by atoms with Gasteiger partial charge < -0.3 is 19.9 Å². The molecule has 0 bridgehead atoms. The number of nitrogens with two attached hydrogens (primary N) is 1. The van der Waals surface area contributed by atoms with E-state index < -0.39 is 0 Å². The molecule has 15 heavy (non-hydrogen) atoms. The van der Waals surface area contributed by atoms with E-state index in [0.717, 1.165) is 13.0 Å². The summed E-state index contributed by atoms with van der Waals surface area (Å²) in [5.41, 5.74) is 6.36. The standard InChI is InChI=1S/C11H15NO3/c1-13-10-3-2-8(12)6-11(10)15-9-4-5-14-7-9/h2-3,6,9H,4-5,7,12H2,1H3/t9-/m0/s1. The number of hydrogen-bond acceptors (Lipinski definition) is 4. The molecule has 1 aliphatic heterocycles. The summed E-state index contributed by atoms with van der Waals surface area (Å²) in [7, 11) is 1.61. The van der Waals surface area contributed by atoms with Gasteiger partial charge in [-0.3, -0.25) is 0 Å². The minimum Gasteiger partial charge on any atom is -0.493 e. The summed E-state index contributed by atoms with van der Waals surface area (Å²) in [4.78, 5) is 0. The average Bonchev–Trinajstić information content (AvgIpc) is 2.71. The van der Waals surface area contributed by atoms with Gasteiger partial charge in [0.25, 0.3) is 0 Å². The first-order valence-electron chi connectivity index (χ1n) is 4.97. The van der Waals surface area contributed by atoms with Crippen LogP contribution < -0.4 is 15.2 Å². The molecule has 82 valence electrons. The lowest BCUT2D eigenvalue weighted by atomic mass is 10.2. The van der Waals surface area contributed by atoms with Gasteiger partial charge in [-0.2, -0.15) is 0 Å². The predicted octanol–water partition coefficient (Wildman–Crippen LogP) is 1.45. The molecule has 1 aromatic rings. The van der Waals surface area contributed by atoms with E-state index in [2.05, 4.69) is 0 Å². The van der Waals surface area contributed by atoms with Crippen LogP contribution in [0.1, 0.15) is 6.42 Å². The maximum Gasteiger partial charge on any atom is 0.163 e. The third-order valence-corrected chi connectivity index (χ3v) is 2.37. The molecule has 2 N–H and O–H groups in total. The molecule has 4 nitrogen and oxygen atoms in total. The van der Waals surface area contributed by atoms with Gasteiger partial charge in [0.15, 0.2) is 11.5 Å². The highest BCUT2D eigenvalue weighted by Gasteiger charge is 2.18. The van der Waals surface area contributed by atoms with Gasteiger partial charge in [0.1, 0.15) is 6.10 Å². The van der Waals surface area contributed by atoms with Gasteiger partial charge in [0.05, 0.1) is 20.3 Å². The molecule has 0 radical (unpaired) electrons. The normalized spacial score (nSPS) is 20.2. The lowest BCUT2D eigenvalue weighted by molar-refractivity contribution is 0.139. The van der Waals surface area contributed by atoms with E-state index in [-0.39, 0.29) is 6.10 Å². The Morgan fingerprint density at radius 1 is 1.40 bits per heavy atom. The topological polar surface area (TPSA) is 53.7 Å². The van der Waals surface area contributed by atoms with Crippen molar-refractivity contribution in [3.8, 4) is 11.5 Å². The average molecular weight is 209 g/mol. The summed E-state index contributed by atoms with van der Waals surface area (Å²) in [5, 5.41) is 0. The Bertz CT molecular complexity index is 335. The third kappa shape index (κ3) is 2.33. The minimum atomic E-state index is 0.112. The van der Waals surface area contributed by atoms with Crippen LogP contribution in [0, 0.1) is 0 Å². The first kappa shape index (κ1) is 10.1. The first-order valence-corrected chi connectivity index (χ1v) is 4.97. The van der Waals surface area contributed by atoms with Crippen LogP contribution in [0.25, 0.3) is 0 Å². The Morgan fingerprint density at radius 2 is 2.27 bits per heavy atom. The second-order valence-electron chi connectivity index (χ2n) is 3.51. The van der Waals surface area contributed by atoms with E-state index in [0.29, 0.717) is 23.8 Å². The third-order valence-electron chi connectivity index (χ3n) is 2.37. The fourth-order valence-electron chi connectivity index (χ4n) is 1.57. The fourth-order valence-corrected chi connectivity index (χ4v) is 1.57. The minimum absolute atomic E-state index is 0.112. The molecule has 1 saturated heterocycles. The monoisotopic (exact) mass is 209 g/mol. The summed E-state index contributed by atoms with van der Waals surface area (Å²) in [6.45, 7) is 1.40. The highest BCUT2D eigenvalue weighted by Crippen LogP contribution is 2.30. The number of nitrogen functional groups attached to an aromatic ring is 1. The molecule has 4 heteroatoms. The number of anilines is 1. The van der Waals surface area contributed by atoms with Crippen molar-refractivity contribution in [3.63, 3.8) is 0 Å². The van der Waals surface area contributed by atoms with E-state index >= 15 is 0 Å². The Hall–Kier alpha value is -1.42. The van der Waals surface area contributed by atoms with Gasteiger partial charge in [0, 0.05) is 18.2 Å². The van der Waals surface area contributed by atoms with Crippen LogP contribution in [0.15, 0.2) is 18.2 Å². The molecule has 1 atom stereocenters. The first-order chi connectivity index (χ1) is 7.29. The number of methoxy groups -OCH3 is 1. The zero-order valence-corrected chi connectivity index (χ0v) is 8.73. The summed E-state index contributed by atoms with van der Waals surface area (Å²) in [6.07, 6.45) is 1.03. The van der Waals surface area contributed by atoms with Crippen molar-refractivity contribution < 1.29 is 14.2 Å². The lowest BCUT2D eigenvalue weighted by Gasteiger charge is -2.15. The van der Waals surface area contributed by atoms with Gasteiger partial charge in [-0.15, -0.1) is 0 Å². The van der Waals surface area contributed by atoms with Crippen molar-refractivity contribution in [2.45, 2.75) is 12.5 Å². The van der Waals surface area contributed by atoms with Crippen molar-refractivity contribution in [1.82, 2.24) is 0 Å². The number of benzene rings is 1. The second kappa shape index (κ2) is 4.40. The van der Waals surface area contributed by atoms with Gasteiger partial charge >= 0.3 is 0 Å². The van der Waals surface area contributed by atoms with E-state index in [9.17, 15) is 0 Å². The molecule has 0 aromatic heterocycles. The maximum atomic E-state index is 5.75. The quantitative estimate of drug-likeness (QED) is 0.765. The van der Waals surface area contributed by atoms with E-state index in [1.54, 1.807) is 25.3 Å². The van der Waals surface area contributed by atoms with E-state index in [4.69, 9.17) is 19.9 Å². The molecule has 1 aromatic carbocycles. The zero-order valence-electron chi connectivity index (χ0n) is 8.73. The maximum absolute atomic E-state index is 5.75. The van der Waals surface area contributed by atoms with Crippen molar-refractivity contribution >= 4 is 5.69 Å². The fraction of sp³-hybridized carbons (Fsp3) is 0.455. The molecular weight excluding hydrogens is 194 g/mol. The summed E-state index contributed by atoms with van der Waals surface area (Å²) >= 11 is 0. The highest BCUT2D eigenvalue weighted by atomic mass is 16.6. The number of rotatable bonds is 3. The summed E-state index contributed by atoms with van der Waals surface area (Å²) in [5.74, 6) is 1.39. The van der Waals surface area contributed by atoms with Crippen LogP contribution in [0.5, 0.6) is 11.5 Å². The molecule has 2 rings (SSSR count). The second-order valence-corrected chi connectivity index (χ2v) is 3.51. The molecular formula is C11H15NO3. The molecule has 1 aliphatic rings. The van der Waals surface area contributed by atoms with Crippen molar-refractivity contribution in [2.24, 2.45) is 0 Å². The van der Waals surface area contributed by atoms with Gasteiger partial charge in [0.2, 0.25) is 0 Å². The Morgan fingerprint density at radius 3 is 2.93 bits per heavy atom. The van der Waals surface area contributed by atoms with E-state index in [1.165, 1.54) is 0 Å². The molecule has 0 saturated carbocycles. The SMILES string of the molecule is COc1ccc(N)cc1O[C@H]1CCOC1. The molecule has 0 spiro atoms. The number of ether oxygens (including phenoxy) is 3. The van der Waals surface area contributed by atoms with Gasteiger partial charge in [-0.05, 0) is 12.1 Å². The van der Waals surface area contributed by atoms with Crippen LogP contribution >= 0.6 is 0 Å². The zero-order chi connectivity index (χ0) is 10.7. The lowest BCUT2D eigenvalue weighted by Crippen LogP contribution is -2.16. The van der Waals surface area contributed by atoms with Crippen molar-refractivity contribution in [2.75, 3.05) is 26.1 Å². The molecule has 0 unspecified atom stereocenters. The number of hydrogen-bond donors (Lipinski definition) is 1. The largest absolute Gasteiger partial charge is 0.493 e. The molecule has 0 aliphatic carbocycles. The van der Waals surface area contributed by atoms with Crippen LogP contribution in [0.2, 0.25) is 0 Å². The van der Waals surface area contributed by atoms with Crippen molar-refractivity contribution in [3.05, 3.63) is 18.2 Å². The Kier molecular flexibility index (Phi) is 2.97.